The Morgan fingerprint density at radius 3 is 1.08 bits per heavy atom. The van der Waals surface area contributed by atoms with Crippen LogP contribution in [0.25, 0.3) is 33.0 Å². The minimum Gasteiger partial charge on any atom is -0.204 e. The van der Waals surface area contributed by atoms with Crippen molar-refractivity contribution in [2.75, 3.05) is 0 Å². The molecule has 12 heteroatoms. The van der Waals surface area contributed by atoms with Crippen molar-refractivity contribution in [2.45, 2.75) is 38.5 Å². The molecule has 0 N–H and O–H groups in total. The smallest absolute Gasteiger partial charge is 0.198 e. The van der Waals surface area contributed by atoms with Gasteiger partial charge in [-0.15, -0.1) is 0 Å². The summed E-state index contributed by atoms with van der Waals surface area (Å²) in [6.07, 6.45) is 1.47. The lowest BCUT2D eigenvalue weighted by atomic mass is 9.92. The highest BCUT2D eigenvalue weighted by molar-refractivity contribution is 5.89. The van der Waals surface area contributed by atoms with E-state index in [1.807, 2.05) is 36.4 Å². The number of fused-ring (bicyclic) bond motifs is 1. The van der Waals surface area contributed by atoms with Crippen LogP contribution in [0, 0.1) is 69.8 Å². The number of halogens is 12. The van der Waals surface area contributed by atoms with E-state index in [2.05, 4.69) is 0 Å². The van der Waals surface area contributed by atoms with Crippen LogP contribution in [0.2, 0.25) is 0 Å². The minimum atomic E-state index is -2.15. The van der Waals surface area contributed by atoms with Crippen molar-refractivity contribution < 1.29 is 52.7 Å². The van der Waals surface area contributed by atoms with Gasteiger partial charge in [0.15, 0.2) is 69.8 Å². The van der Waals surface area contributed by atoms with Crippen molar-refractivity contribution in [3.05, 3.63) is 165 Å². The van der Waals surface area contributed by atoms with Crippen molar-refractivity contribution >= 4 is 10.8 Å². The Balaban J connectivity index is 1.16. The van der Waals surface area contributed by atoms with Crippen LogP contribution in [0.1, 0.15) is 35.1 Å². The van der Waals surface area contributed by atoms with Crippen LogP contribution < -0.4 is 0 Å². The van der Waals surface area contributed by atoms with E-state index in [4.69, 9.17) is 0 Å². The molecule has 0 saturated heterocycles. The van der Waals surface area contributed by atoms with Crippen molar-refractivity contribution in [2.24, 2.45) is 0 Å². The van der Waals surface area contributed by atoms with Crippen molar-refractivity contribution in [1.82, 2.24) is 0 Å². The lowest BCUT2D eigenvalue weighted by Crippen LogP contribution is -2.03. The van der Waals surface area contributed by atoms with Gasteiger partial charge in [0, 0.05) is 22.3 Å². The highest BCUT2D eigenvalue weighted by atomic mass is 19.2. The molecule has 0 amide bonds. The molecular formula is C40H24F12. The summed E-state index contributed by atoms with van der Waals surface area (Å²) in [7, 11) is 0. The van der Waals surface area contributed by atoms with Crippen LogP contribution in [0.15, 0.2) is 72.8 Å². The summed E-state index contributed by atoms with van der Waals surface area (Å²) >= 11 is 0. The molecule has 6 aromatic carbocycles. The maximum atomic E-state index is 15.0. The van der Waals surface area contributed by atoms with Crippen molar-refractivity contribution in [3.63, 3.8) is 0 Å². The van der Waals surface area contributed by atoms with E-state index in [0.29, 0.717) is 25.7 Å². The zero-order valence-electron chi connectivity index (χ0n) is 26.7. The molecule has 0 nitrogen and oxygen atoms in total. The summed E-state index contributed by atoms with van der Waals surface area (Å²) in [5.74, 6) is -21.5. The second kappa shape index (κ2) is 14.8. The molecule has 0 aromatic heterocycles. The van der Waals surface area contributed by atoms with E-state index in [-0.39, 0.29) is 36.1 Å². The van der Waals surface area contributed by atoms with Crippen LogP contribution in [0.5, 0.6) is 0 Å². The van der Waals surface area contributed by atoms with Gasteiger partial charge in [-0.05, 0) is 83.7 Å². The number of hydrogen-bond donors (Lipinski definition) is 0. The zero-order chi connectivity index (χ0) is 37.4. The molecule has 6 rings (SSSR count). The Morgan fingerprint density at radius 2 is 0.673 bits per heavy atom. The Morgan fingerprint density at radius 1 is 0.308 bits per heavy atom. The van der Waals surface area contributed by atoms with Crippen LogP contribution in [-0.2, 0) is 25.7 Å². The number of rotatable bonds is 10. The van der Waals surface area contributed by atoms with Crippen LogP contribution in [-0.4, -0.2) is 0 Å². The van der Waals surface area contributed by atoms with Gasteiger partial charge in [0.05, 0.1) is 0 Å². The summed E-state index contributed by atoms with van der Waals surface area (Å²) in [5.41, 5.74) is -1.95. The van der Waals surface area contributed by atoms with Crippen molar-refractivity contribution in [1.29, 1.82) is 0 Å². The third-order valence-electron chi connectivity index (χ3n) is 8.97. The van der Waals surface area contributed by atoms with Gasteiger partial charge in [0.25, 0.3) is 0 Å². The molecule has 0 aliphatic rings. The van der Waals surface area contributed by atoms with E-state index >= 15 is 8.78 Å². The van der Waals surface area contributed by atoms with Gasteiger partial charge in [0.2, 0.25) is 0 Å². The summed E-state index contributed by atoms with van der Waals surface area (Å²) in [6, 6.07) is 15.8. The molecule has 0 saturated carbocycles. The molecule has 0 heterocycles. The quantitative estimate of drug-likeness (QED) is 0.0747. The predicted molar refractivity (Wildman–Crippen MR) is 171 cm³/mol. The Hall–Kier alpha value is -5.26. The molecule has 6 aromatic rings. The third-order valence-corrected chi connectivity index (χ3v) is 8.97. The molecule has 0 bridgehead atoms. The van der Waals surface area contributed by atoms with Crippen LogP contribution >= 0.6 is 0 Å². The number of hydrogen-bond acceptors (Lipinski definition) is 0. The van der Waals surface area contributed by atoms with E-state index < -0.39 is 92.1 Å². The predicted octanol–water partition coefficient (Wildman–Crippen LogP) is 12.2. The minimum absolute atomic E-state index is 0.0259. The first-order valence-corrected chi connectivity index (χ1v) is 15.9. The summed E-state index contributed by atoms with van der Waals surface area (Å²) in [4.78, 5) is 0. The van der Waals surface area contributed by atoms with Gasteiger partial charge < -0.3 is 0 Å². The third kappa shape index (κ3) is 6.73. The molecule has 268 valence electrons. The second-order valence-corrected chi connectivity index (χ2v) is 12.1. The van der Waals surface area contributed by atoms with Gasteiger partial charge in [-0.1, -0.05) is 60.7 Å². The average molecular weight is 733 g/mol. The summed E-state index contributed by atoms with van der Waals surface area (Å²) < 4.78 is 170. The Kier molecular flexibility index (Phi) is 10.4. The first kappa shape index (κ1) is 36.5. The standard InChI is InChI=1S/C40H24F12/c41-28-17-26(35(47)39(51)37(28)49)24-15-13-22(31(43)33(24)45)11-3-9-20-7-1-5-19-6-2-8-21(30(19)20)10-4-12-23-14-16-25(34(46)32(23)44)27-18-29(42)38(50)40(52)36(27)48/h1-2,5-8,13-18H,3-4,9-12H2. The molecule has 0 unspecified atom stereocenters. The average Bonchev–Trinajstić information content (AvgIpc) is 3.13. The molecule has 0 spiro atoms. The van der Waals surface area contributed by atoms with E-state index in [0.717, 1.165) is 46.2 Å². The maximum Gasteiger partial charge on any atom is 0.198 e. The molecule has 52 heavy (non-hydrogen) atoms. The van der Waals surface area contributed by atoms with Gasteiger partial charge in [-0.25, -0.2) is 52.7 Å². The summed E-state index contributed by atoms with van der Waals surface area (Å²) in [5, 5.41) is 1.72. The second-order valence-electron chi connectivity index (χ2n) is 12.1. The highest BCUT2D eigenvalue weighted by Gasteiger charge is 2.25. The topological polar surface area (TPSA) is 0 Å². The van der Waals surface area contributed by atoms with E-state index in [1.165, 1.54) is 0 Å². The molecule has 0 aliphatic carbocycles. The largest absolute Gasteiger partial charge is 0.204 e. The fraction of sp³-hybridized carbons (Fsp3) is 0.150. The normalized spacial score (nSPS) is 11.5. The molecule has 0 aliphatic heterocycles. The monoisotopic (exact) mass is 732 g/mol. The van der Waals surface area contributed by atoms with Gasteiger partial charge >= 0.3 is 0 Å². The van der Waals surface area contributed by atoms with Gasteiger partial charge in [0.1, 0.15) is 0 Å². The fourth-order valence-electron chi connectivity index (χ4n) is 6.38. The SMILES string of the molecule is Fc1cc(-c2ccc(CCCc3cccc4cccc(CCCc5ccc(-c6cc(F)c(F)c(F)c6F)c(F)c5F)c34)c(F)c2F)c(F)c(F)c1F. The van der Waals surface area contributed by atoms with E-state index in [1.54, 1.807) is 0 Å². The van der Waals surface area contributed by atoms with Crippen LogP contribution in [0.3, 0.4) is 0 Å². The Labute approximate surface area is 289 Å². The Bertz CT molecular complexity index is 2190. The van der Waals surface area contributed by atoms with Crippen molar-refractivity contribution in [3.8, 4) is 22.3 Å². The lowest BCUT2D eigenvalue weighted by Gasteiger charge is -2.14. The highest BCUT2D eigenvalue weighted by Crippen LogP contribution is 2.34. The number of aryl methyl sites for hydroxylation is 4. The lowest BCUT2D eigenvalue weighted by molar-refractivity contribution is 0.410. The van der Waals surface area contributed by atoms with E-state index in [9.17, 15) is 43.9 Å². The molecule has 0 radical (unpaired) electrons. The van der Waals surface area contributed by atoms with Gasteiger partial charge in [-0.3, -0.25) is 0 Å². The summed E-state index contributed by atoms with van der Waals surface area (Å²) in [6.45, 7) is 0. The first-order valence-electron chi connectivity index (χ1n) is 15.9. The maximum absolute atomic E-state index is 15.0. The first-order chi connectivity index (χ1) is 24.8. The van der Waals surface area contributed by atoms with Gasteiger partial charge in [-0.2, -0.15) is 0 Å². The molecule has 0 atom stereocenters. The molecule has 0 fully saturated rings. The number of benzene rings is 6. The zero-order valence-corrected chi connectivity index (χ0v) is 26.7. The van der Waals surface area contributed by atoms with Crippen LogP contribution in [0.4, 0.5) is 52.7 Å². The molecular weight excluding hydrogens is 708 g/mol. The fourth-order valence-corrected chi connectivity index (χ4v) is 6.38.